The SMILES string of the molecule is CN1CCC(c2ccccc2-c2cc(N)n[nH]2)CC1. The molecule has 0 radical (unpaired) electrons. The Hall–Kier alpha value is -1.81. The van der Waals surface area contributed by atoms with Gasteiger partial charge in [0.15, 0.2) is 0 Å². The number of nitrogens with two attached hydrogens (primary N) is 1. The number of benzene rings is 1. The van der Waals surface area contributed by atoms with Crippen molar-refractivity contribution in [3.05, 3.63) is 35.9 Å². The summed E-state index contributed by atoms with van der Waals surface area (Å²) in [6, 6.07) is 10.5. The van der Waals surface area contributed by atoms with Crippen molar-refractivity contribution in [3.8, 4) is 11.3 Å². The quantitative estimate of drug-likeness (QED) is 0.867. The highest BCUT2D eigenvalue weighted by molar-refractivity contribution is 5.66. The molecule has 0 amide bonds. The molecule has 0 atom stereocenters. The smallest absolute Gasteiger partial charge is 0.145 e. The van der Waals surface area contributed by atoms with E-state index < -0.39 is 0 Å². The van der Waals surface area contributed by atoms with E-state index in [-0.39, 0.29) is 0 Å². The second-order valence-electron chi connectivity index (χ2n) is 5.37. The second kappa shape index (κ2) is 5.05. The summed E-state index contributed by atoms with van der Waals surface area (Å²) in [4.78, 5) is 2.40. The van der Waals surface area contributed by atoms with Crippen molar-refractivity contribution in [3.63, 3.8) is 0 Å². The molecule has 100 valence electrons. The van der Waals surface area contributed by atoms with E-state index in [2.05, 4.69) is 46.4 Å². The van der Waals surface area contributed by atoms with Crippen molar-refractivity contribution in [1.29, 1.82) is 0 Å². The molecule has 0 saturated carbocycles. The number of nitrogens with zero attached hydrogens (tertiary/aromatic N) is 2. The lowest BCUT2D eigenvalue weighted by atomic mass is 9.86. The number of H-pyrrole nitrogens is 1. The molecule has 2 heterocycles. The summed E-state index contributed by atoms with van der Waals surface area (Å²) in [5.74, 6) is 1.19. The molecule has 1 aromatic carbocycles. The molecule has 4 nitrogen and oxygen atoms in total. The van der Waals surface area contributed by atoms with Crippen LogP contribution < -0.4 is 5.73 Å². The van der Waals surface area contributed by atoms with Gasteiger partial charge >= 0.3 is 0 Å². The van der Waals surface area contributed by atoms with Gasteiger partial charge in [0.05, 0.1) is 5.69 Å². The Morgan fingerprint density at radius 1 is 1.26 bits per heavy atom. The summed E-state index contributed by atoms with van der Waals surface area (Å²) in [5.41, 5.74) is 9.39. The first-order valence-electron chi connectivity index (χ1n) is 6.83. The predicted octanol–water partition coefficient (Wildman–Crippen LogP) is 2.47. The highest BCUT2D eigenvalue weighted by Crippen LogP contribution is 2.34. The first-order valence-corrected chi connectivity index (χ1v) is 6.83. The van der Waals surface area contributed by atoms with Gasteiger partial charge < -0.3 is 10.6 Å². The molecule has 3 rings (SSSR count). The normalized spacial score (nSPS) is 17.7. The minimum Gasteiger partial charge on any atom is -0.382 e. The van der Waals surface area contributed by atoms with E-state index in [1.807, 2.05) is 6.07 Å². The van der Waals surface area contributed by atoms with Crippen LogP contribution >= 0.6 is 0 Å². The number of anilines is 1. The van der Waals surface area contributed by atoms with Crippen LogP contribution in [0.15, 0.2) is 30.3 Å². The molecule has 0 aliphatic carbocycles. The van der Waals surface area contributed by atoms with Crippen molar-refractivity contribution >= 4 is 5.82 Å². The van der Waals surface area contributed by atoms with Crippen LogP contribution in [-0.4, -0.2) is 35.2 Å². The standard InChI is InChI=1S/C15H20N4/c1-19-8-6-11(7-9-19)12-4-2-3-5-13(12)14-10-15(16)18-17-14/h2-5,10-11H,6-9H2,1H3,(H3,16,17,18). The molecule has 0 bridgehead atoms. The van der Waals surface area contributed by atoms with Crippen LogP contribution in [0.25, 0.3) is 11.3 Å². The van der Waals surface area contributed by atoms with E-state index in [9.17, 15) is 0 Å². The summed E-state index contributed by atoms with van der Waals surface area (Å²) in [5, 5.41) is 7.06. The van der Waals surface area contributed by atoms with Crippen LogP contribution in [0.1, 0.15) is 24.3 Å². The van der Waals surface area contributed by atoms with Crippen LogP contribution in [0.5, 0.6) is 0 Å². The third-order valence-electron chi connectivity index (χ3n) is 4.01. The van der Waals surface area contributed by atoms with Crippen LogP contribution in [-0.2, 0) is 0 Å². The van der Waals surface area contributed by atoms with Crippen molar-refractivity contribution < 1.29 is 0 Å². The van der Waals surface area contributed by atoms with Crippen LogP contribution in [0.4, 0.5) is 5.82 Å². The Morgan fingerprint density at radius 2 is 2.00 bits per heavy atom. The number of hydrogen-bond acceptors (Lipinski definition) is 3. The molecule has 0 spiro atoms. The fourth-order valence-electron chi connectivity index (χ4n) is 2.89. The minimum absolute atomic E-state index is 0.549. The molecule has 1 saturated heterocycles. The van der Waals surface area contributed by atoms with Gasteiger partial charge in [-0.1, -0.05) is 24.3 Å². The van der Waals surface area contributed by atoms with Gasteiger partial charge in [-0.25, -0.2) is 0 Å². The number of nitrogen functional groups attached to an aromatic ring is 1. The van der Waals surface area contributed by atoms with Gasteiger partial charge in [0.2, 0.25) is 0 Å². The third kappa shape index (κ3) is 2.49. The number of hydrogen-bond donors (Lipinski definition) is 2. The number of aromatic nitrogens is 2. The Kier molecular flexibility index (Phi) is 3.25. The fourth-order valence-corrected chi connectivity index (χ4v) is 2.89. The summed E-state index contributed by atoms with van der Waals surface area (Å²) in [7, 11) is 2.19. The maximum absolute atomic E-state index is 5.71. The average Bonchev–Trinajstić information content (AvgIpc) is 2.86. The van der Waals surface area contributed by atoms with Crippen molar-refractivity contribution in [2.45, 2.75) is 18.8 Å². The fraction of sp³-hybridized carbons (Fsp3) is 0.400. The molecule has 1 aromatic heterocycles. The summed E-state index contributed by atoms with van der Waals surface area (Å²) >= 11 is 0. The molecule has 19 heavy (non-hydrogen) atoms. The Labute approximate surface area is 113 Å². The Morgan fingerprint density at radius 3 is 2.68 bits per heavy atom. The van der Waals surface area contributed by atoms with Crippen LogP contribution in [0.3, 0.4) is 0 Å². The van der Waals surface area contributed by atoms with Crippen molar-refractivity contribution in [2.75, 3.05) is 25.9 Å². The molecule has 3 N–H and O–H groups in total. The minimum atomic E-state index is 0.549. The molecular weight excluding hydrogens is 236 g/mol. The van der Waals surface area contributed by atoms with Crippen molar-refractivity contribution in [2.24, 2.45) is 0 Å². The van der Waals surface area contributed by atoms with E-state index in [1.165, 1.54) is 37.1 Å². The van der Waals surface area contributed by atoms with Gasteiger partial charge in [-0.15, -0.1) is 0 Å². The zero-order valence-corrected chi connectivity index (χ0v) is 11.3. The Bertz CT molecular complexity index is 553. The summed E-state index contributed by atoms with van der Waals surface area (Å²) in [6.07, 6.45) is 2.44. The zero-order chi connectivity index (χ0) is 13.2. The molecule has 2 aromatic rings. The van der Waals surface area contributed by atoms with E-state index in [4.69, 9.17) is 5.73 Å². The van der Waals surface area contributed by atoms with Crippen molar-refractivity contribution in [1.82, 2.24) is 15.1 Å². The number of nitrogens with one attached hydrogen (secondary N) is 1. The zero-order valence-electron chi connectivity index (χ0n) is 11.3. The van der Waals surface area contributed by atoms with Gasteiger partial charge in [0.25, 0.3) is 0 Å². The van der Waals surface area contributed by atoms with E-state index in [0.717, 1.165) is 5.69 Å². The number of aromatic amines is 1. The van der Waals surface area contributed by atoms with Gasteiger partial charge in [0, 0.05) is 11.6 Å². The molecular formula is C15H20N4. The van der Waals surface area contributed by atoms with Gasteiger partial charge in [-0.2, -0.15) is 5.10 Å². The number of likely N-dealkylation sites (tertiary alicyclic amines) is 1. The third-order valence-corrected chi connectivity index (χ3v) is 4.01. The summed E-state index contributed by atoms with van der Waals surface area (Å²) in [6.45, 7) is 2.34. The lowest BCUT2D eigenvalue weighted by molar-refractivity contribution is 0.255. The van der Waals surface area contributed by atoms with Gasteiger partial charge in [-0.05, 0) is 44.5 Å². The number of rotatable bonds is 2. The molecule has 0 unspecified atom stereocenters. The lowest BCUT2D eigenvalue weighted by Crippen LogP contribution is -2.29. The molecule has 1 fully saturated rings. The second-order valence-corrected chi connectivity index (χ2v) is 5.37. The highest BCUT2D eigenvalue weighted by atomic mass is 15.2. The first kappa shape index (κ1) is 12.2. The monoisotopic (exact) mass is 256 g/mol. The maximum Gasteiger partial charge on any atom is 0.145 e. The van der Waals surface area contributed by atoms with E-state index in [0.29, 0.717) is 11.7 Å². The molecule has 1 aliphatic rings. The first-order chi connectivity index (χ1) is 9.24. The molecule has 4 heteroatoms. The van der Waals surface area contributed by atoms with Crippen LogP contribution in [0, 0.1) is 0 Å². The predicted molar refractivity (Wildman–Crippen MR) is 77.9 cm³/mol. The lowest BCUT2D eigenvalue weighted by Gasteiger charge is -2.30. The Balaban J connectivity index is 1.93. The summed E-state index contributed by atoms with van der Waals surface area (Å²) < 4.78 is 0. The molecule has 1 aliphatic heterocycles. The van der Waals surface area contributed by atoms with E-state index in [1.54, 1.807) is 0 Å². The topological polar surface area (TPSA) is 57.9 Å². The van der Waals surface area contributed by atoms with Gasteiger partial charge in [0.1, 0.15) is 5.82 Å². The number of piperidine rings is 1. The van der Waals surface area contributed by atoms with E-state index >= 15 is 0 Å². The highest BCUT2D eigenvalue weighted by Gasteiger charge is 2.21. The average molecular weight is 256 g/mol. The largest absolute Gasteiger partial charge is 0.382 e. The maximum atomic E-state index is 5.71. The van der Waals surface area contributed by atoms with Gasteiger partial charge in [-0.3, -0.25) is 5.10 Å². The van der Waals surface area contributed by atoms with Crippen LogP contribution in [0.2, 0.25) is 0 Å².